The molecule has 0 unspecified atom stereocenters. The number of halogens is 1. The number of hydrogen-bond donors (Lipinski definition) is 1. The molecule has 1 N–H and O–H groups in total. The summed E-state index contributed by atoms with van der Waals surface area (Å²) >= 11 is 5.15. The van der Waals surface area contributed by atoms with E-state index in [2.05, 4.69) is 40.3 Å². The first kappa shape index (κ1) is 17.9. The maximum Gasteiger partial charge on any atom is 0.251 e. The van der Waals surface area contributed by atoms with Crippen molar-refractivity contribution in [2.75, 3.05) is 12.9 Å². The van der Waals surface area contributed by atoms with Gasteiger partial charge in [0, 0.05) is 17.0 Å². The predicted molar refractivity (Wildman–Crippen MR) is 99.3 cm³/mol. The molecule has 0 atom stereocenters. The molecule has 0 aliphatic heterocycles. The summed E-state index contributed by atoms with van der Waals surface area (Å²) in [6.07, 6.45) is 2.99. The average Bonchev–Trinajstić information content (AvgIpc) is 2.59. The molecule has 0 saturated carbocycles. The van der Waals surface area contributed by atoms with Gasteiger partial charge in [-0.1, -0.05) is 19.1 Å². The van der Waals surface area contributed by atoms with Gasteiger partial charge in [0.15, 0.2) is 0 Å². The van der Waals surface area contributed by atoms with E-state index in [1.54, 1.807) is 23.9 Å². The smallest absolute Gasteiger partial charge is 0.251 e. The van der Waals surface area contributed by atoms with Crippen LogP contribution >= 0.6 is 27.7 Å². The number of amides is 1. The number of thioether (sulfide) groups is 1. The fourth-order valence-electron chi connectivity index (χ4n) is 2.00. The second-order valence-corrected chi connectivity index (χ2v) is 6.76. The van der Waals surface area contributed by atoms with Crippen LogP contribution in [0, 0.1) is 0 Å². The summed E-state index contributed by atoms with van der Waals surface area (Å²) < 4.78 is 6.39. The van der Waals surface area contributed by atoms with Gasteiger partial charge in [0.2, 0.25) is 0 Å². The minimum absolute atomic E-state index is 0.0957. The standard InChI is InChI=1S/C18H20BrNO2S/c1-3-10-22-17-9-6-14(11-16(17)19)18(21)20-12-13-4-7-15(23-2)8-5-13/h4-9,11H,3,10,12H2,1-2H3,(H,20,21). The lowest BCUT2D eigenvalue weighted by Gasteiger charge is -2.10. The third kappa shape index (κ3) is 5.29. The highest BCUT2D eigenvalue weighted by molar-refractivity contribution is 9.10. The highest BCUT2D eigenvalue weighted by atomic mass is 79.9. The van der Waals surface area contributed by atoms with Gasteiger partial charge in [-0.05, 0) is 64.5 Å². The molecule has 1 amide bonds. The Balaban J connectivity index is 1.95. The first-order valence-corrected chi connectivity index (χ1v) is 9.49. The van der Waals surface area contributed by atoms with Crippen molar-refractivity contribution in [2.45, 2.75) is 24.8 Å². The zero-order valence-electron chi connectivity index (χ0n) is 13.3. The number of benzene rings is 2. The summed E-state index contributed by atoms with van der Waals surface area (Å²) in [7, 11) is 0. The fourth-order valence-corrected chi connectivity index (χ4v) is 2.90. The molecule has 0 saturated heterocycles. The second kappa shape index (κ2) is 8.99. The van der Waals surface area contributed by atoms with Crippen molar-refractivity contribution >= 4 is 33.6 Å². The van der Waals surface area contributed by atoms with Gasteiger partial charge in [-0.25, -0.2) is 0 Å². The number of nitrogens with one attached hydrogen (secondary N) is 1. The van der Waals surface area contributed by atoms with Gasteiger partial charge in [0.05, 0.1) is 11.1 Å². The number of carbonyl (C=O) groups excluding carboxylic acids is 1. The van der Waals surface area contributed by atoms with Gasteiger partial charge < -0.3 is 10.1 Å². The van der Waals surface area contributed by atoms with Gasteiger partial charge >= 0.3 is 0 Å². The van der Waals surface area contributed by atoms with Gasteiger partial charge in [-0.2, -0.15) is 0 Å². The quantitative estimate of drug-likeness (QED) is 0.680. The molecule has 122 valence electrons. The first-order valence-electron chi connectivity index (χ1n) is 7.47. The summed E-state index contributed by atoms with van der Waals surface area (Å²) in [6, 6.07) is 13.6. The zero-order valence-corrected chi connectivity index (χ0v) is 15.7. The van der Waals surface area contributed by atoms with Crippen LogP contribution in [-0.4, -0.2) is 18.8 Å². The van der Waals surface area contributed by atoms with E-state index >= 15 is 0 Å². The number of rotatable bonds is 7. The van der Waals surface area contributed by atoms with Crippen LogP contribution in [0.3, 0.4) is 0 Å². The summed E-state index contributed by atoms with van der Waals surface area (Å²) in [6.45, 7) is 3.23. The molecule has 2 rings (SSSR count). The Labute approximate surface area is 149 Å². The fraction of sp³-hybridized carbons (Fsp3) is 0.278. The molecule has 2 aromatic carbocycles. The molecule has 23 heavy (non-hydrogen) atoms. The van der Waals surface area contributed by atoms with Crippen molar-refractivity contribution in [1.29, 1.82) is 0 Å². The number of carbonyl (C=O) groups is 1. The molecule has 3 nitrogen and oxygen atoms in total. The molecule has 0 aliphatic rings. The van der Waals surface area contributed by atoms with E-state index in [1.165, 1.54) is 4.90 Å². The molecule has 0 aliphatic carbocycles. The minimum atomic E-state index is -0.0957. The Kier molecular flexibility index (Phi) is 6.99. The van der Waals surface area contributed by atoms with Crippen LogP contribution in [0.25, 0.3) is 0 Å². The largest absolute Gasteiger partial charge is 0.492 e. The van der Waals surface area contributed by atoms with Crippen LogP contribution in [0.2, 0.25) is 0 Å². The lowest BCUT2D eigenvalue weighted by molar-refractivity contribution is 0.0951. The predicted octanol–water partition coefficient (Wildman–Crippen LogP) is 4.89. The highest BCUT2D eigenvalue weighted by Gasteiger charge is 2.09. The van der Waals surface area contributed by atoms with Crippen LogP contribution in [0.5, 0.6) is 5.75 Å². The number of hydrogen-bond acceptors (Lipinski definition) is 3. The van der Waals surface area contributed by atoms with Crippen LogP contribution in [0.1, 0.15) is 29.3 Å². The third-order valence-electron chi connectivity index (χ3n) is 3.27. The van der Waals surface area contributed by atoms with E-state index in [0.717, 1.165) is 22.2 Å². The molecule has 5 heteroatoms. The highest BCUT2D eigenvalue weighted by Crippen LogP contribution is 2.26. The minimum Gasteiger partial charge on any atom is -0.492 e. The van der Waals surface area contributed by atoms with E-state index in [-0.39, 0.29) is 5.91 Å². The van der Waals surface area contributed by atoms with E-state index in [0.29, 0.717) is 18.7 Å². The third-order valence-corrected chi connectivity index (χ3v) is 4.63. The molecule has 0 fully saturated rings. The number of ether oxygens (including phenoxy) is 1. The van der Waals surface area contributed by atoms with Crippen LogP contribution < -0.4 is 10.1 Å². The summed E-state index contributed by atoms with van der Waals surface area (Å²) in [5.74, 6) is 0.665. The van der Waals surface area contributed by atoms with Gasteiger partial charge in [0.25, 0.3) is 5.91 Å². The monoisotopic (exact) mass is 393 g/mol. The van der Waals surface area contributed by atoms with Crippen LogP contribution in [-0.2, 0) is 6.54 Å². The Morgan fingerprint density at radius 2 is 1.96 bits per heavy atom. The van der Waals surface area contributed by atoms with Gasteiger partial charge in [-0.15, -0.1) is 11.8 Å². The van der Waals surface area contributed by atoms with Crippen LogP contribution in [0.4, 0.5) is 0 Å². The maximum absolute atomic E-state index is 12.2. The second-order valence-electron chi connectivity index (χ2n) is 5.02. The van der Waals surface area contributed by atoms with E-state index in [4.69, 9.17) is 4.74 Å². The molecule has 0 radical (unpaired) electrons. The Morgan fingerprint density at radius 1 is 1.22 bits per heavy atom. The van der Waals surface area contributed by atoms with Gasteiger partial charge in [-0.3, -0.25) is 4.79 Å². The van der Waals surface area contributed by atoms with Crippen molar-refractivity contribution < 1.29 is 9.53 Å². The molecule has 0 spiro atoms. The summed E-state index contributed by atoms with van der Waals surface area (Å²) in [5, 5.41) is 2.94. The van der Waals surface area contributed by atoms with Crippen molar-refractivity contribution in [3.8, 4) is 5.75 Å². The molecule has 0 bridgehead atoms. The Morgan fingerprint density at radius 3 is 2.57 bits per heavy atom. The first-order chi connectivity index (χ1) is 11.1. The lowest BCUT2D eigenvalue weighted by atomic mass is 10.2. The SMILES string of the molecule is CCCOc1ccc(C(=O)NCc2ccc(SC)cc2)cc1Br. The summed E-state index contributed by atoms with van der Waals surface area (Å²) in [5.41, 5.74) is 1.69. The van der Waals surface area contributed by atoms with Crippen molar-refractivity contribution in [1.82, 2.24) is 5.32 Å². The van der Waals surface area contributed by atoms with Crippen molar-refractivity contribution in [3.63, 3.8) is 0 Å². The molecular weight excluding hydrogens is 374 g/mol. The topological polar surface area (TPSA) is 38.3 Å². The maximum atomic E-state index is 12.2. The zero-order chi connectivity index (χ0) is 16.7. The van der Waals surface area contributed by atoms with Crippen molar-refractivity contribution in [3.05, 3.63) is 58.1 Å². The summed E-state index contributed by atoms with van der Waals surface area (Å²) in [4.78, 5) is 13.5. The van der Waals surface area contributed by atoms with E-state index in [1.807, 2.05) is 24.5 Å². The van der Waals surface area contributed by atoms with E-state index < -0.39 is 0 Å². The average molecular weight is 394 g/mol. The molecule has 2 aromatic rings. The Bertz CT molecular complexity index is 659. The normalized spacial score (nSPS) is 10.4. The molecular formula is C18H20BrNO2S. The Hall–Kier alpha value is -1.46. The van der Waals surface area contributed by atoms with E-state index in [9.17, 15) is 4.79 Å². The van der Waals surface area contributed by atoms with Crippen LogP contribution in [0.15, 0.2) is 51.8 Å². The van der Waals surface area contributed by atoms with Crippen molar-refractivity contribution in [2.24, 2.45) is 0 Å². The molecule has 0 aromatic heterocycles. The lowest BCUT2D eigenvalue weighted by Crippen LogP contribution is -2.22. The van der Waals surface area contributed by atoms with Gasteiger partial charge in [0.1, 0.15) is 5.75 Å². The molecule has 0 heterocycles.